The zero-order valence-corrected chi connectivity index (χ0v) is 29.6. The van der Waals surface area contributed by atoms with Gasteiger partial charge in [-0.25, -0.2) is 0 Å². The Labute approximate surface area is 307 Å². The van der Waals surface area contributed by atoms with Gasteiger partial charge in [0.2, 0.25) is 0 Å². The van der Waals surface area contributed by atoms with Crippen molar-refractivity contribution in [2.24, 2.45) is 0 Å². The minimum atomic E-state index is 1.15. The molecular formula is C50H35N3. The van der Waals surface area contributed by atoms with Gasteiger partial charge in [0.1, 0.15) is 0 Å². The Balaban J connectivity index is 1.16. The lowest BCUT2D eigenvalue weighted by Crippen LogP contribution is -1.97. The molecule has 0 fully saturated rings. The number of aryl methyl sites for hydroxylation is 2. The van der Waals surface area contributed by atoms with Crippen molar-refractivity contribution in [3.63, 3.8) is 0 Å². The van der Waals surface area contributed by atoms with E-state index in [1.165, 1.54) is 93.4 Å². The standard InChI is InChI=1S/C50H35N3/c1-32-17-24-46-42(27-32)41-22-19-35(34-20-26-48-44(29-34)43-28-33(2)18-25-47(43)51(48)36-11-5-3-6-12-36)30-49(41)53(46)38-21-23-40-39-15-9-10-16-45(39)52(50(40)31-38)37-13-7-4-8-14-37/h3-31H,1-2H3. The third-order valence-electron chi connectivity index (χ3n) is 11.1. The lowest BCUT2D eigenvalue weighted by Gasteiger charge is -2.12. The molecule has 0 atom stereocenters. The fourth-order valence-electron chi connectivity index (χ4n) is 8.72. The molecule has 0 aliphatic carbocycles. The van der Waals surface area contributed by atoms with Crippen LogP contribution in [0.15, 0.2) is 176 Å². The van der Waals surface area contributed by atoms with Crippen molar-refractivity contribution in [1.29, 1.82) is 0 Å². The number of benzene rings is 8. The molecule has 53 heavy (non-hydrogen) atoms. The zero-order chi connectivity index (χ0) is 35.2. The Morgan fingerprint density at radius 3 is 1.40 bits per heavy atom. The van der Waals surface area contributed by atoms with Gasteiger partial charge >= 0.3 is 0 Å². The molecule has 0 N–H and O–H groups in total. The second-order valence-electron chi connectivity index (χ2n) is 14.4. The molecule has 0 aliphatic heterocycles. The van der Waals surface area contributed by atoms with Crippen LogP contribution in [0.5, 0.6) is 0 Å². The van der Waals surface area contributed by atoms with Gasteiger partial charge in [-0.05, 0) is 110 Å². The summed E-state index contributed by atoms with van der Waals surface area (Å²) in [5.74, 6) is 0. The molecule has 0 unspecified atom stereocenters. The van der Waals surface area contributed by atoms with E-state index < -0.39 is 0 Å². The summed E-state index contributed by atoms with van der Waals surface area (Å²) in [4.78, 5) is 0. The fourth-order valence-corrected chi connectivity index (χ4v) is 8.72. The molecule has 8 aromatic carbocycles. The monoisotopic (exact) mass is 677 g/mol. The first-order chi connectivity index (χ1) is 26.1. The lowest BCUT2D eigenvalue weighted by atomic mass is 10.0. The third-order valence-corrected chi connectivity index (χ3v) is 11.1. The van der Waals surface area contributed by atoms with E-state index in [1.54, 1.807) is 0 Å². The number of aromatic nitrogens is 3. The minimum Gasteiger partial charge on any atom is -0.309 e. The molecule has 0 saturated carbocycles. The van der Waals surface area contributed by atoms with Crippen LogP contribution in [0.2, 0.25) is 0 Å². The van der Waals surface area contributed by atoms with Gasteiger partial charge in [0.25, 0.3) is 0 Å². The molecule has 250 valence electrons. The van der Waals surface area contributed by atoms with E-state index in [9.17, 15) is 0 Å². The summed E-state index contributed by atoms with van der Waals surface area (Å²) in [6.45, 7) is 4.37. The molecule has 0 radical (unpaired) electrons. The second-order valence-corrected chi connectivity index (χ2v) is 14.4. The Morgan fingerprint density at radius 2 is 0.698 bits per heavy atom. The van der Waals surface area contributed by atoms with Crippen molar-refractivity contribution >= 4 is 65.4 Å². The Bertz CT molecular complexity index is 3230. The molecule has 3 heterocycles. The second kappa shape index (κ2) is 11.3. The van der Waals surface area contributed by atoms with Crippen LogP contribution in [-0.2, 0) is 0 Å². The van der Waals surface area contributed by atoms with Crippen molar-refractivity contribution in [3.05, 3.63) is 187 Å². The van der Waals surface area contributed by atoms with E-state index in [1.807, 2.05) is 0 Å². The van der Waals surface area contributed by atoms with Gasteiger partial charge in [0.05, 0.1) is 33.1 Å². The summed E-state index contributed by atoms with van der Waals surface area (Å²) < 4.78 is 7.26. The van der Waals surface area contributed by atoms with Crippen LogP contribution >= 0.6 is 0 Å². The quantitative estimate of drug-likeness (QED) is 0.176. The van der Waals surface area contributed by atoms with Crippen molar-refractivity contribution in [1.82, 2.24) is 13.7 Å². The first kappa shape index (κ1) is 29.8. The van der Waals surface area contributed by atoms with Crippen molar-refractivity contribution < 1.29 is 0 Å². The van der Waals surface area contributed by atoms with Crippen molar-refractivity contribution in [3.8, 4) is 28.2 Å². The van der Waals surface area contributed by atoms with Crippen LogP contribution in [-0.4, -0.2) is 13.7 Å². The van der Waals surface area contributed by atoms with E-state index in [-0.39, 0.29) is 0 Å². The smallest absolute Gasteiger partial charge is 0.0561 e. The molecule has 0 amide bonds. The van der Waals surface area contributed by atoms with E-state index in [4.69, 9.17) is 0 Å². The summed E-state index contributed by atoms with van der Waals surface area (Å²) >= 11 is 0. The van der Waals surface area contributed by atoms with Gasteiger partial charge in [-0.3, -0.25) is 0 Å². The fraction of sp³-hybridized carbons (Fsp3) is 0.0400. The van der Waals surface area contributed by atoms with Crippen LogP contribution in [0.3, 0.4) is 0 Å². The SMILES string of the molecule is Cc1ccc2c(c1)c1cc(-c3ccc4c5cc(C)ccc5n(-c5ccc6c7ccccc7n(-c7ccccc7)c6c5)c4c3)ccc1n2-c1ccccc1. The largest absolute Gasteiger partial charge is 0.309 e. The average molecular weight is 678 g/mol. The number of hydrogen-bond donors (Lipinski definition) is 0. The molecule has 0 bridgehead atoms. The van der Waals surface area contributed by atoms with E-state index in [2.05, 4.69) is 203 Å². The van der Waals surface area contributed by atoms with Crippen LogP contribution in [0.1, 0.15) is 11.1 Å². The predicted octanol–water partition coefficient (Wildman–Crippen LogP) is 13.3. The van der Waals surface area contributed by atoms with Gasteiger partial charge in [-0.1, -0.05) is 102 Å². The summed E-state index contributed by atoms with van der Waals surface area (Å²) in [7, 11) is 0. The first-order valence-corrected chi connectivity index (χ1v) is 18.4. The molecule has 3 aromatic heterocycles. The number of nitrogens with zero attached hydrogens (tertiary/aromatic N) is 3. The maximum absolute atomic E-state index is 2.46. The minimum absolute atomic E-state index is 1.15. The number of para-hydroxylation sites is 3. The lowest BCUT2D eigenvalue weighted by molar-refractivity contribution is 1.15. The molecule has 0 spiro atoms. The summed E-state index contributed by atoms with van der Waals surface area (Å²) in [5.41, 5.74) is 15.7. The van der Waals surface area contributed by atoms with Gasteiger partial charge in [0, 0.05) is 49.4 Å². The van der Waals surface area contributed by atoms with Crippen LogP contribution < -0.4 is 0 Å². The summed E-state index contributed by atoms with van der Waals surface area (Å²) in [5, 5.41) is 7.58. The van der Waals surface area contributed by atoms with Gasteiger partial charge < -0.3 is 13.7 Å². The van der Waals surface area contributed by atoms with E-state index in [0.717, 1.165) is 11.4 Å². The highest BCUT2D eigenvalue weighted by molar-refractivity contribution is 6.14. The maximum Gasteiger partial charge on any atom is 0.0561 e. The van der Waals surface area contributed by atoms with E-state index >= 15 is 0 Å². The molecular weight excluding hydrogens is 643 g/mol. The summed E-state index contributed by atoms with van der Waals surface area (Å²) in [6.07, 6.45) is 0. The van der Waals surface area contributed by atoms with Crippen LogP contribution in [0.4, 0.5) is 0 Å². The third kappa shape index (κ3) is 4.47. The molecule has 3 heteroatoms. The topological polar surface area (TPSA) is 14.8 Å². The van der Waals surface area contributed by atoms with Crippen molar-refractivity contribution in [2.45, 2.75) is 13.8 Å². The molecule has 0 saturated heterocycles. The number of hydrogen-bond acceptors (Lipinski definition) is 0. The molecule has 0 aliphatic rings. The van der Waals surface area contributed by atoms with Crippen LogP contribution in [0, 0.1) is 13.8 Å². The van der Waals surface area contributed by atoms with Gasteiger partial charge in [-0.2, -0.15) is 0 Å². The molecule has 11 aromatic rings. The van der Waals surface area contributed by atoms with Gasteiger partial charge in [0.15, 0.2) is 0 Å². The van der Waals surface area contributed by atoms with E-state index in [0.29, 0.717) is 0 Å². The average Bonchev–Trinajstić information content (AvgIpc) is 3.82. The van der Waals surface area contributed by atoms with Crippen LogP contribution in [0.25, 0.3) is 93.6 Å². The Hall–Kier alpha value is -6.84. The highest BCUT2D eigenvalue weighted by Gasteiger charge is 2.18. The molecule has 3 nitrogen and oxygen atoms in total. The molecule has 11 rings (SSSR count). The van der Waals surface area contributed by atoms with Crippen molar-refractivity contribution in [2.75, 3.05) is 0 Å². The first-order valence-electron chi connectivity index (χ1n) is 18.4. The zero-order valence-electron chi connectivity index (χ0n) is 29.6. The predicted molar refractivity (Wildman–Crippen MR) is 224 cm³/mol. The Morgan fingerprint density at radius 1 is 0.264 bits per heavy atom. The number of rotatable bonds is 4. The van der Waals surface area contributed by atoms with Gasteiger partial charge in [-0.15, -0.1) is 0 Å². The number of fused-ring (bicyclic) bond motifs is 9. The summed E-state index contributed by atoms with van der Waals surface area (Å²) in [6, 6.07) is 64.8. The maximum atomic E-state index is 2.46. The highest BCUT2D eigenvalue weighted by atomic mass is 15.0. The highest BCUT2D eigenvalue weighted by Crippen LogP contribution is 2.40. The Kier molecular flexibility index (Phi) is 6.38. The normalized spacial score (nSPS) is 12.0.